The van der Waals surface area contributed by atoms with Gasteiger partial charge in [-0.05, 0) is 49.8 Å². The van der Waals surface area contributed by atoms with Crippen LogP contribution in [0.1, 0.15) is 43.2 Å². The summed E-state index contributed by atoms with van der Waals surface area (Å²) >= 11 is 0. The van der Waals surface area contributed by atoms with Gasteiger partial charge in [0.25, 0.3) is 0 Å². The Hall–Kier alpha value is -1.70. The first-order valence-electron chi connectivity index (χ1n) is 7.49. The predicted octanol–water partition coefficient (Wildman–Crippen LogP) is 3.73. The molecule has 3 rings (SSSR count). The molecule has 2 saturated carbocycles. The zero-order valence-electron chi connectivity index (χ0n) is 11.9. The zero-order valence-corrected chi connectivity index (χ0v) is 11.9. The number of allylic oxidation sites excluding steroid dienone is 1. The lowest BCUT2D eigenvalue weighted by molar-refractivity contribution is -0.135. The maximum Gasteiger partial charge on any atom is 0.162 e. The van der Waals surface area contributed by atoms with Gasteiger partial charge in [0.15, 0.2) is 5.78 Å². The van der Waals surface area contributed by atoms with Crippen molar-refractivity contribution in [1.82, 2.24) is 0 Å². The van der Waals surface area contributed by atoms with Crippen LogP contribution in [0.4, 0.5) is 0 Å². The minimum Gasteiger partial charge on any atom is -0.299 e. The van der Waals surface area contributed by atoms with Crippen molar-refractivity contribution in [1.29, 1.82) is 0 Å². The summed E-state index contributed by atoms with van der Waals surface area (Å²) in [7, 11) is 0. The third kappa shape index (κ3) is 2.47. The molecular formula is C18H20O2. The summed E-state index contributed by atoms with van der Waals surface area (Å²) in [6.45, 7) is 2.06. The summed E-state index contributed by atoms with van der Waals surface area (Å²) in [4.78, 5) is 24.5. The topological polar surface area (TPSA) is 34.1 Å². The van der Waals surface area contributed by atoms with Gasteiger partial charge < -0.3 is 0 Å². The van der Waals surface area contributed by atoms with Crippen LogP contribution in [0.25, 0.3) is 6.08 Å². The van der Waals surface area contributed by atoms with Gasteiger partial charge in [0, 0.05) is 18.3 Å². The average Bonchev–Trinajstić information content (AvgIpc) is 2.45. The van der Waals surface area contributed by atoms with Crippen molar-refractivity contribution in [3.8, 4) is 0 Å². The molecule has 2 atom stereocenters. The number of ketones is 2. The zero-order chi connectivity index (χ0) is 14.1. The van der Waals surface area contributed by atoms with Crippen LogP contribution < -0.4 is 0 Å². The molecule has 0 aromatic heterocycles. The lowest BCUT2D eigenvalue weighted by atomic mass is 9.68. The molecule has 1 aromatic carbocycles. The van der Waals surface area contributed by atoms with Crippen LogP contribution in [0.5, 0.6) is 0 Å². The Morgan fingerprint density at radius 1 is 1.00 bits per heavy atom. The number of aryl methyl sites for hydroxylation is 1. The van der Waals surface area contributed by atoms with Gasteiger partial charge in [-0.2, -0.15) is 0 Å². The largest absolute Gasteiger partial charge is 0.299 e. The van der Waals surface area contributed by atoms with E-state index in [1.807, 2.05) is 18.2 Å². The second-order valence-corrected chi connectivity index (χ2v) is 6.05. The quantitative estimate of drug-likeness (QED) is 0.727. The molecule has 2 aliphatic carbocycles. The number of carbonyl (C=O) groups is 2. The van der Waals surface area contributed by atoms with Gasteiger partial charge in [0.05, 0.1) is 0 Å². The van der Waals surface area contributed by atoms with Crippen LogP contribution in [-0.4, -0.2) is 11.6 Å². The number of hydrogen-bond donors (Lipinski definition) is 0. The highest BCUT2D eigenvalue weighted by Gasteiger charge is 2.40. The fraction of sp³-hybridized carbons (Fsp3) is 0.444. The molecule has 0 saturated heterocycles. The van der Waals surface area contributed by atoms with Crippen LogP contribution >= 0.6 is 0 Å². The first-order valence-corrected chi connectivity index (χ1v) is 7.49. The minimum absolute atomic E-state index is 0.00594. The van der Waals surface area contributed by atoms with Crippen molar-refractivity contribution >= 4 is 17.6 Å². The Balaban J connectivity index is 1.83. The summed E-state index contributed by atoms with van der Waals surface area (Å²) in [5, 5.41) is 0. The van der Waals surface area contributed by atoms with Crippen LogP contribution in [-0.2, 0) is 9.59 Å². The van der Waals surface area contributed by atoms with Gasteiger partial charge in [0.1, 0.15) is 5.78 Å². The molecule has 0 spiro atoms. The third-order valence-electron chi connectivity index (χ3n) is 4.63. The van der Waals surface area contributed by atoms with Crippen LogP contribution in [0, 0.1) is 18.8 Å². The van der Waals surface area contributed by atoms with Crippen molar-refractivity contribution in [2.75, 3.05) is 0 Å². The number of carbonyl (C=O) groups excluding carboxylic acids is 2. The molecule has 2 aliphatic rings. The number of benzene rings is 1. The maximum absolute atomic E-state index is 12.6. The monoisotopic (exact) mass is 268 g/mol. The highest BCUT2D eigenvalue weighted by Crippen LogP contribution is 2.39. The van der Waals surface area contributed by atoms with Gasteiger partial charge in [-0.25, -0.2) is 0 Å². The first-order chi connectivity index (χ1) is 9.65. The van der Waals surface area contributed by atoms with Gasteiger partial charge >= 0.3 is 0 Å². The molecule has 2 nitrogen and oxygen atoms in total. The molecule has 2 fully saturated rings. The smallest absolute Gasteiger partial charge is 0.162 e. The summed E-state index contributed by atoms with van der Waals surface area (Å²) in [5.41, 5.74) is 3.21. The molecule has 0 radical (unpaired) electrons. The van der Waals surface area contributed by atoms with E-state index in [-0.39, 0.29) is 17.6 Å². The van der Waals surface area contributed by atoms with Crippen LogP contribution in [0.15, 0.2) is 29.8 Å². The van der Waals surface area contributed by atoms with Crippen LogP contribution in [0.3, 0.4) is 0 Å². The molecule has 1 aromatic rings. The van der Waals surface area contributed by atoms with Crippen LogP contribution in [0.2, 0.25) is 0 Å². The van der Waals surface area contributed by atoms with E-state index in [0.29, 0.717) is 12.2 Å². The van der Waals surface area contributed by atoms with E-state index in [4.69, 9.17) is 0 Å². The summed E-state index contributed by atoms with van der Waals surface area (Å²) < 4.78 is 0. The van der Waals surface area contributed by atoms with Crippen molar-refractivity contribution in [3.05, 3.63) is 41.0 Å². The molecule has 0 N–H and O–H groups in total. The van der Waals surface area contributed by atoms with Gasteiger partial charge in [0.2, 0.25) is 0 Å². The predicted molar refractivity (Wildman–Crippen MR) is 79.2 cm³/mol. The van der Waals surface area contributed by atoms with Crippen molar-refractivity contribution < 1.29 is 9.59 Å². The molecule has 2 heteroatoms. The Kier molecular flexibility index (Phi) is 3.56. The fourth-order valence-electron chi connectivity index (χ4n) is 3.46. The summed E-state index contributed by atoms with van der Waals surface area (Å²) in [6, 6.07) is 8.22. The van der Waals surface area contributed by atoms with Gasteiger partial charge in [-0.3, -0.25) is 9.59 Å². The Morgan fingerprint density at radius 3 is 2.50 bits per heavy atom. The standard InChI is InChI=1S/C18H20O2/c1-12-5-7-13(8-6-12)11-14-9-10-15-16(18(14)20)3-2-4-17(15)19/h5-8,11,15-16H,2-4,9-10H2,1H3. The van der Waals surface area contributed by atoms with Gasteiger partial charge in [-0.15, -0.1) is 0 Å². The average molecular weight is 268 g/mol. The lowest BCUT2D eigenvalue weighted by Gasteiger charge is -2.34. The van der Waals surface area contributed by atoms with E-state index < -0.39 is 0 Å². The van der Waals surface area contributed by atoms with Crippen molar-refractivity contribution in [2.45, 2.75) is 39.0 Å². The molecule has 0 bridgehead atoms. The number of hydrogen-bond acceptors (Lipinski definition) is 2. The normalized spacial score (nSPS) is 28.6. The Bertz CT molecular complexity index is 566. The van der Waals surface area contributed by atoms with E-state index in [2.05, 4.69) is 19.1 Å². The van der Waals surface area contributed by atoms with E-state index in [0.717, 1.165) is 36.8 Å². The maximum atomic E-state index is 12.6. The van der Waals surface area contributed by atoms with E-state index in [9.17, 15) is 9.59 Å². The minimum atomic E-state index is -0.0401. The second-order valence-electron chi connectivity index (χ2n) is 6.05. The highest BCUT2D eigenvalue weighted by atomic mass is 16.1. The third-order valence-corrected chi connectivity index (χ3v) is 4.63. The van der Waals surface area contributed by atoms with Gasteiger partial charge in [-0.1, -0.05) is 29.8 Å². The van der Waals surface area contributed by atoms with Crippen molar-refractivity contribution in [3.63, 3.8) is 0 Å². The van der Waals surface area contributed by atoms with E-state index in [1.165, 1.54) is 5.56 Å². The summed E-state index contributed by atoms with van der Waals surface area (Å²) in [6.07, 6.45) is 6.05. The lowest BCUT2D eigenvalue weighted by Crippen LogP contribution is -2.38. The molecule has 0 heterocycles. The Labute approximate surface area is 119 Å². The van der Waals surface area contributed by atoms with E-state index >= 15 is 0 Å². The number of Topliss-reactive ketones (excluding diaryl/α,β-unsaturated/α-hetero) is 2. The van der Waals surface area contributed by atoms with Crippen molar-refractivity contribution in [2.24, 2.45) is 11.8 Å². The molecule has 2 unspecified atom stereocenters. The molecule has 0 amide bonds. The van der Waals surface area contributed by atoms with E-state index in [1.54, 1.807) is 0 Å². The molecule has 20 heavy (non-hydrogen) atoms. The number of fused-ring (bicyclic) bond motifs is 1. The second kappa shape index (κ2) is 5.35. The molecule has 0 aliphatic heterocycles. The summed E-state index contributed by atoms with van der Waals surface area (Å²) in [5.74, 6) is 0.493. The SMILES string of the molecule is Cc1ccc(C=C2CCC3C(=O)CCCC3C2=O)cc1. The molecule has 104 valence electrons. The highest BCUT2D eigenvalue weighted by molar-refractivity contribution is 6.05. The fourth-order valence-corrected chi connectivity index (χ4v) is 3.46. The first kappa shape index (κ1) is 13.3. The number of rotatable bonds is 1. The molecular weight excluding hydrogens is 248 g/mol. The Morgan fingerprint density at radius 2 is 1.75 bits per heavy atom.